The highest BCUT2D eigenvalue weighted by atomic mass is 16.5. The quantitative estimate of drug-likeness (QED) is 0.257. The molecule has 1 aliphatic heterocycles. The molecular formula is C32H34N4O5. The number of Topliss-reactive ketones (excluding diaryl/α,β-unsaturated/α-hetero) is 1. The highest BCUT2D eigenvalue weighted by Gasteiger charge is 2.18. The van der Waals surface area contributed by atoms with Gasteiger partial charge in [-0.2, -0.15) is 4.98 Å². The zero-order chi connectivity index (χ0) is 28.6. The molecular weight excluding hydrogens is 520 g/mol. The summed E-state index contributed by atoms with van der Waals surface area (Å²) in [6, 6.07) is 21.2. The number of hydrogen-bond acceptors (Lipinski definition) is 9. The second kappa shape index (κ2) is 13.1. The van der Waals surface area contributed by atoms with E-state index in [1.54, 1.807) is 20.4 Å². The third kappa shape index (κ3) is 7.12. The Morgan fingerprint density at radius 2 is 1.63 bits per heavy atom. The number of ketones is 1. The van der Waals surface area contributed by atoms with E-state index in [0.29, 0.717) is 28.8 Å². The van der Waals surface area contributed by atoms with Crippen molar-refractivity contribution in [1.82, 2.24) is 9.97 Å². The molecule has 4 aromatic rings. The van der Waals surface area contributed by atoms with Crippen molar-refractivity contribution in [3.63, 3.8) is 0 Å². The van der Waals surface area contributed by atoms with Crippen molar-refractivity contribution in [2.24, 2.45) is 0 Å². The molecule has 212 valence electrons. The third-order valence-electron chi connectivity index (χ3n) is 6.82. The van der Waals surface area contributed by atoms with E-state index < -0.39 is 0 Å². The molecule has 0 atom stereocenters. The number of anilines is 3. The molecule has 0 aliphatic carbocycles. The van der Waals surface area contributed by atoms with E-state index in [9.17, 15) is 4.79 Å². The van der Waals surface area contributed by atoms with Gasteiger partial charge in [-0.05, 0) is 55.0 Å². The maximum atomic E-state index is 13.1. The summed E-state index contributed by atoms with van der Waals surface area (Å²) in [5.41, 5.74) is 4.40. The average Bonchev–Trinajstić information content (AvgIpc) is 3.00. The number of aryl methyl sites for hydroxylation is 1. The van der Waals surface area contributed by atoms with Gasteiger partial charge in [-0.25, -0.2) is 4.98 Å². The molecule has 9 heteroatoms. The largest absolute Gasteiger partial charge is 0.496 e. The minimum atomic E-state index is -0.0155. The summed E-state index contributed by atoms with van der Waals surface area (Å²) in [5.74, 6) is 2.36. The van der Waals surface area contributed by atoms with Crippen LogP contribution >= 0.6 is 0 Å². The minimum absolute atomic E-state index is 0.0155. The lowest BCUT2D eigenvalue weighted by Crippen LogP contribution is -2.36. The van der Waals surface area contributed by atoms with Crippen molar-refractivity contribution in [3.8, 4) is 23.1 Å². The van der Waals surface area contributed by atoms with E-state index in [4.69, 9.17) is 18.9 Å². The van der Waals surface area contributed by atoms with Crippen molar-refractivity contribution in [3.05, 3.63) is 89.6 Å². The number of aromatic nitrogens is 2. The first-order valence-corrected chi connectivity index (χ1v) is 13.5. The Balaban J connectivity index is 1.38. The van der Waals surface area contributed by atoms with Crippen LogP contribution in [0.25, 0.3) is 0 Å². The van der Waals surface area contributed by atoms with Gasteiger partial charge in [0.25, 0.3) is 0 Å². The summed E-state index contributed by atoms with van der Waals surface area (Å²) < 4.78 is 22.7. The Morgan fingerprint density at radius 1 is 0.902 bits per heavy atom. The lowest BCUT2D eigenvalue weighted by Gasteiger charge is -2.28. The van der Waals surface area contributed by atoms with Crippen LogP contribution in [-0.4, -0.2) is 56.3 Å². The zero-order valence-corrected chi connectivity index (χ0v) is 23.6. The van der Waals surface area contributed by atoms with Gasteiger partial charge in [0.15, 0.2) is 11.5 Å². The van der Waals surface area contributed by atoms with Crippen molar-refractivity contribution >= 4 is 23.1 Å². The monoisotopic (exact) mass is 554 g/mol. The number of ether oxygens (including phenoxy) is 4. The molecule has 1 fully saturated rings. The normalized spacial score (nSPS) is 13.0. The summed E-state index contributed by atoms with van der Waals surface area (Å²) in [7, 11) is 3.19. The summed E-state index contributed by atoms with van der Waals surface area (Å²) in [5, 5.41) is 3.26. The van der Waals surface area contributed by atoms with Crippen molar-refractivity contribution in [1.29, 1.82) is 0 Å². The van der Waals surface area contributed by atoms with Crippen molar-refractivity contribution in [2.45, 2.75) is 19.8 Å². The first kappa shape index (κ1) is 27.9. The molecule has 0 spiro atoms. The molecule has 2 heterocycles. The van der Waals surface area contributed by atoms with Gasteiger partial charge in [0.05, 0.1) is 27.4 Å². The fourth-order valence-electron chi connectivity index (χ4n) is 4.67. The fourth-order valence-corrected chi connectivity index (χ4v) is 4.67. The number of nitrogens with one attached hydrogen (secondary N) is 1. The summed E-state index contributed by atoms with van der Waals surface area (Å²) in [6.45, 7) is 5.18. The molecule has 0 radical (unpaired) electrons. The SMILES string of the molecule is COc1ccccc1CC(=O)Cc1cnc(Nc2ccc(N3CCOCC3)cc2)nc1Oc1ccc(C)cc1OC. The van der Waals surface area contributed by atoms with Crippen LogP contribution in [0.15, 0.2) is 72.9 Å². The number of methoxy groups -OCH3 is 2. The van der Waals surface area contributed by atoms with Crippen LogP contribution < -0.4 is 24.4 Å². The Kier molecular flexibility index (Phi) is 8.95. The van der Waals surface area contributed by atoms with Gasteiger partial charge in [-0.1, -0.05) is 24.3 Å². The lowest BCUT2D eigenvalue weighted by atomic mass is 10.0. The van der Waals surface area contributed by atoms with E-state index in [2.05, 4.69) is 32.3 Å². The zero-order valence-electron chi connectivity index (χ0n) is 23.6. The second-order valence-corrected chi connectivity index (χ2v) is 9.76. The smallest absolute Gasteiger partial charge is 0.230 e. The molecule has 9 nitrogen and oxygen atoms in total. The van der Waals surface area contributed by atoms with Gasteiger partial charge < -0.3 is 29.2 Å². The number of benzene rings is 3. The maximum Gasteiger partial charge on any atom is 0.230 e. The van der Waals surface area contributed by atoms with Gasteiger partial charge in [0.2, 0.25) is 11.8 Å². The number of rotatable bonds is 11. The van der Waals surface area contributed by atoms with Crippen molar-refractivity contribution < 1.29 is 23.7 Å². The second-order valence-electron chi connectivity index (χ2n) is 9.76. The van der Waals surface area contributed by atoms with Gasteiger partial charge in [0, 0.05) is 54.6 Å². The fraction of sp³-hybridized carbons (Fsp3) is 0.281. The number of carbonyl (C=O) groups is 1. The molecule has 0 saturated carbocycles. The van der Waals surface area contributed by atoms with E-state index in [0.717, 1.165) is 48.8 Å². The van der Waals surface area contributed by atoms with Crippen molar-refractivity contribution in [2.75, 3.05) is 50.7 Å². The number of carbonyl (C=O) groups excluding carboxylic acids is 1. The van der Waals surface area contributed by atoms with Gasteiger partial charge >= 0.3 is 0 Å². The van der Waals surface area contributed by atoms with Gasteiger partial charge in [-0.3, -0.25) is 4.79 Å². The maximum absolute atomic E-state index is 13.1. The predicted molar refractivity (Wildman–Crippen MR) is 158 cm³/mol. The molecule has 0 amide bonds. The average molecular weight is 555 g/mol. The number of hydrogen-bond donors (Lipinski definition) is 1. The lowest BCUT2D eigenvalue weighted by molar-refractivity contribution is -0.117. The molecule has 1 N–H and O–H groups in total. The van der Waals surface area contributed by atoms with Crippen LogP contribution in [0.4, 0.5) is 17.3 Å². The van der Waals surface area contributed by atoms with Gasteiger partial charge in [0.1, 0.15) is 11.5 Å². The van der Waals surface area contributed by atoms with E-state index in [1.807, 2.05) is 61.5 Å². The highest BCUT2D eigenvalue weighted by Crippen LogP contribution is 2.34. The number of morpholine rings is 1. The van der Waals surface area contributed by atoms with Crippen LogP contribution in [0.2, 0.25) is 0 Å². The van der Waals surface area contributed by atoms with Crippen LogP contribution in [0.3, 0.4) is 0 Å². The minimum Gasteiger partial charge on any atom is -0.496 e. The standard InChI is InChI=1S/C32H34N4O5/c1-22-8-13-29(30(18-22)39-3)41-31-24(20-27(37)19-23-6-4-5-7-28(23)38-2)21-33-32(35-31)34-25-9-11-26(12-10-25)36-14-16-40-17-15-36/h4-13,18,21H,14-17,19-20H2,1-3H3,(H,33,34,35). The molecule has 3 aromatic carbocycles. The van der Waals surface area contributed by atoms with Crippen LogP contribution in [0.5, 0.6) is 23.1 Å². The molecule has 5 rings (SSSR count). The van der Waals surface area contributed by atoms with E-state index >= 15 is 0 Å². The van der Waals surface area contributed by atoms with E-state index in [-0.39, 0.29) is 24.5 Å². The third-order valence-corrected chi connectivity index (χ3v) is 6.82. The Bertz CT molecular complexity index is 1490. The van der Waals surface area contributed by atoms with E-state index in [1.165, 1.54) is 0 Å². The molecule has 1 saturated heterocycles. The van der Waals surface area contributed by atoms with Crippen LogP contribution in [0.1, 0.15) is 16.7 Å². The summed E-state index contributed by atoms with van der Waals surface area (Å²) in [6.07, 6.45) is 1.94. The van der Waals surface area contributed by atoms with Gasteiger partial charge in [-0.15, -0.1) is 0 Å². The highest BCUT2D eigenvalue weighted by molar-refractivity contribution is 5.84. The summed E-state index contributed by atoms with van der Waals surface area (Å²) >= 11 is 0. The molecule has 0 bridgehead atoms. The van der Waals surface area contributed by atoms with Crippen LogP contribution in [0, 0.1) is 6.92 Å². The first-order valence-electron chi connectivity index (χ1n) is 13.5. The van der Waals surface area contributed by atoms with Crippen LogP contribution in [-0.2, 0) is 22.4 Å². The topological polar surface area (TPSA) is 95.0 Å². The number of para-hydroxylation sites is 1. The molecule has 0 unspecified atom stereocenters. The molecule has 1 aliphatic rings. The Morgan fingerprint density at radius 3 is 2.39 bits per heavy atom. The first-order chi connectivity index (χ1) is 20.0. The number of nitrogens with zero attached hydrogens (tertiary/aromatic N) is 3. The Hall–Kier alpha value is -4.63. The molecule has 41 heavy (non-hydrogen) atoms. The predicted octanol–water partition coefficient (Wildman–Crippen LogP) is 5.53. The Labute approximate surface area is 240 Å². The summed E-state index contributed by atoms with van der Waals surface area (Å²) in [4.78, 5) is 24.6. The molecule has 1 aromatic heterocycles.